The van der Waals surface area contributed by atoms with Gasteiger partial charge in [0.2, 0.25) is 0 Å². The van der Waals surface area contributed by atoms with Crippen molar-refractivity contribution in [2.45, 2.75) is 130 Å². The normalized spacial score (nSPS) is 41.3. The Kier molecular flexibility index (Phi) is 9.98. The summed E-state index contributed by atoms with van der Waals surface area (Å²) in [6, 6.07) is 2.74. The number of ether oxygens (including phenoxy) is 1. The van der Waals surface area contributed by atoms with Gasteiger partial charge in [-0.3, -0.25) is 0 Å². The minimum Gasteiger partial charge on any atom is -0.375 e. The highest BCUT2D eigenvalue weighted by atomic mass is 16.5. The van der Waals surface area contributed by atoms with Gasteiger partial charge in [0.05, 0.1) is 12.2 Å². The van der Waals surface area contributed by atoms with Crippen LogP contribution >= 0.6 is 0 Å². The van der Waals surface area contributed by atoms with E-state index in [0.717, 1.165) is 24.0 Å². The maximum atomic E-state index is 5.47. The Morgan fingerprint density at radius 3 is 1.40 bits per heavy atom. The number of piperidine rings is 2. The van der Waals surface area contributed by atoms with Crippen LogP contribution in [0.1, 0.15) is 99.3 Å². The van der Waals surface area contributed by atoms with Crippen molar-refractivity contribution < 1.29 is 4.74 Å². The molecule has 6 aliphatic rings. The second-order valence-corrected chi connectivity index (χ2v) is 8.39. The molecule has 5 heterocycles. The molecule has 5 aliphatic heterocycles. The Morgan fingerprint density at radius 1 is 0.600 bits per heavy atom. The van der Waals surface area contributed by atoms with Crippen molar-refractivity contribution in [3.8, 4) is 0 Å². The Morgan fingerprint density at radius 2 is 1.16 bits per heavy atom. The largest absolute Gasteiger partial charge is 0.375 e. The third-order valence-corrected chi connectivity index (χ3v) is 6.68. The van der Waals surface area contributed by atoms with Crippen LogP contribution in [0.15, 0.2) is 0 Å². The van der Waals surface area contributed by atoms with Crippen LogP contribution in [0.25, 0.3) is 0 Å². The zero-order chi connectivity index (χ0) is 14.8. The summed E-state index contributed by atoms with van der Waals surface area (Å²) in [5.41, 5.74) is 0. The molecule has 4 atom stereocenters. The number of hydrogen-bond donors (Lipinski definition) is 2. The molecular formula is C22H46N2O. The molecule has 0 radical (unpaired) electrons. The van der Waals surface area contributed by atoms with Crippen molar-refractivity contribution in [3.63, 3.8) is 0 Å². The summed E-state index contributed by atoms with van der Waals surface area (Å²) in [6.45, 7) is 1.31. The molecule has 1 aliphatic carbocycles. The molecule has 4 unspecified atom stereocenters. The Hall–Kier alpha value is -0.120. The summed E-state index contributed by atoms with van der Waals surface area (Å²) in [4.78, 5) is 0. The van der Waals surface area contributed by atoms with E-state index in [1.807, 2.05) is 0 Å². The molecule has 5 saturated heterocycles. The minimum atomic E-state index is 0. The standard InChI is InChI=1S/C7H13N.C6H11N.C6H10O.3CH4/c1-2-6-4-5-7(3-1)8-6;1-2-6-3-5(1)4-7-6;1-2-6-4-3-5(1)7-6;;;/h6-8H,1-5H2;5-7H,1-4H2;5-6H,1-4H2;3*1H4. The van der Waals surface area contributed by atoms with Crippen molar-refractivity contribution in [1.29, 1.82) is 0 Å². The summed E-state index contributed by atoms with van der Waals surface area (Å²) in [7, 11) is 0. The molecular weight excluding hydrogens is 308 g/mol. The molecule has 1 saturated carbocycles. The van der Waals surface area contributed by atoms with Crippen molar-refractivity contribution in [2.24, 2.45) is 5.92 Å². The Labute approximate surface area is 158 Å². The van der Waals surface area contributed by atoms with Crippen LogP contribution in [-0.4, -0.2) is 36.9 Å². The average Bonchev–Trinajstić information content (AvgIpc) is 3.38. The monoisotopic (exact) mass is 354 g/mol. The SMILES string of the molecule is C.C.C.C1CC2CC1CN2.C1CC2CCC(C1)N2.C1CC2CCC1O2. The van der Waals surface area contributed by atoms with E-state index in [1.165, 1.54) is 83.6 Å². The molecule has 0 spiro atoms. The smallest absolute Gasteiger partial charge is 0.0580 e. The summed E-state index contributed by atoms with van der Waals surface area (Å²) in [5.74, 6) is 1.06. The quantitative estimate of drug-likeness (QED) is 0.620. The molecule has 150 valence electrons. The van der Waals surface area contributed by atoms with Gasteiger partial charge in [0.15, 0.2) is 0 Å². The zero-order valence-corrected chi connectivity index (χ0v) is 14.1. The lowest BCUT2D eigenvalue weighted by atomic mass is 10.0. The first kappa shape index (κ1) is 22.9. The predicted molar refractivity (Wildman–Crippen MR) is 110 cm³/mol. The topological polar surface area (TPSA) is 33.3 Å². The molecule has 0 aromatic heterocycles. The molecule has 2 N–H and O–H groups in total. The van der Waals surface area contributed by atoms with Crippen molar-refractivity contribution in [3.05, 3.63) is 0 Å². The van der Waals surface area contributed by atoms with E-state index in [0.29, 0.717) is 12.2 Å². The summed E-state index contributed by atoms with van der Waals surface area (Å²) >= 11 is 0. The molecule has 3 nitrogen and oxygen atoms in total. The van der Waals surface area contributed by atoms with Gasteiger partial charge < -0.3 is 15.4 Å². The van der Waals surface area contributed by atoms with E-state index in [9.17, 15) is 0 Å². The first-order chi connectivity index (χ1) is 10.8. The molecule has 0 aromatic rings. The van der Waals surface area contributed by atoms with Crippen LogP contribution < -0.4 is 10.6 Å². The van der Waals surface area contributed by atoms with Gasteiger partial charge in [0.25, 0.3) is 0 Å². The maximum Gasteiger partial charge on any atom is 0.0580 e. The zero-order valence-electron chi connectivity index (χ0n) is 14.1. The van der Waals surface area contributed by atoms with Crippen LogP contribution in [0.5, 0.6) is 0 Å². The summed E-state index contributed by atoms with van der Waals surface area (Å²) < 4.78 is 5.47. The third kappa shape index (κ3) is 6.22. The highest BCUT2D eigenvalue weighted by molar-refractivity contribution is 4.89. The average molecular weight is 355 g/mol. The van der Waals surface area contributed by atoms with Crippen LogP contribution in [0.3, 0.4) is 0 Å². The first-order valence-corrected chi connectivity index (χ1v) is 10.00. The van der Waals surface area contributed by atoms with Crippen molar-refractivity contribution in [2.75, 3.05) is 6.54 Å². The fourth-order valence-electron chi connectivity index (χ4n) is 5.32. The Balaban J connectivity index is 0.000000177. The van der Waals surface area contributed by atoms with Crippen molar-refractivity contribution in [1.82, 2.24) is 10.6 Å². The molecule has 6 bridgehead atoms. The molecule has 3 heteroatoms. The van der Waals surface area contributed by atoms with Gasteiger partial charge in [-0.15, -0.1) is 0 Å². The van der Waals surface area contributed by atoms with Gasteiger partial charge >= 0.3 is 0 Å². The van der Waals surface area contributed by atoms with Crippen LogP contribution in [0.2, 0.25) is 0 Å². The second kappa shape index (κ2) is 10.9. The predicted octanol–water partition coefficient (Wildman–Crippen LogP) is 5.29. The summed E-state index contributed by atoms with van der Waals surface area (Å²) in [6.07, 6.45) is 18.4. The van der Waals surface area contributed by atoms with Crippen molar-refractivity contribution >= 4 is 0 Å². The highest BCUT2D eigenvalue weighted by Crippen LogP contribution is 2.33. The van der Waals surface area contributed by atoms with E-state index in [4.69, 9.17) is 4.74 Å². The fourth-order valence-corrected chi connectivity index (χ4v) is 5.32. The van der Waals surface area contributed by atoms with Crippen LogP contribution in [-0.2, 0) is 4.74 Å². The fraction of sp³-hybridized carbons (Fsp3) is 1.00. The molecule has 6 fully saturated rings. The van der Waals surface area contributed by atoms with Gasteiger partial charge in [-0.1, -0.05) is 28.7 Å². The van der Waals surface area contributed by atoms with E-state index in [1.54, 1.807) is 0 Å². The number of nitrogens with one attached hydrogen (secondary N) is 2. The van der Waals surface area contributed by atoms with E-state index in [-0.39, 0.29) is 22.3 Å². The van der Waals surface area contributed by atoms with E-state index in [2.05, 4.69) is 10.6 Å². The highest BCUT2D eigenvalue weighted by Gasteiger charge is 2.31. The molecule has 6 rings (SSSR count). The summed E-state index contributed by atoms with van der Waals surface area (Å²) in [5, 5.41) is 7.05. The lowest BCUT2D eigenvalue weighted by molar-refractivity contribution is 0.105. The van der Waals surface area contributed by atoms with Gasteiger partial charge in [0.1, 0.15) is 0 Å². The molecule has 25 heavy (non-hydrogen) atoms. The van der Waals surface area contributed by atoms with Crippen LogP contribution in [0, 0.1) is 5.92 Å². The Bertz CT molecular complexity index is 290. The minimum absolute atomic E-state index is 0. The van der Waals surface area contributed by atoms with Gasteiger partial charge in [0, 0.05) is 18.1 Å². The lowest BCUT2D eigenvalue weighted by Gasteiger charge is -2.19. The number of fused-ring (bicyclic) bond motifs is 6. The van der Waals surface area contributed by atoms with E-state index < -0.39 is 0 Å². The lowest BCUT2D eigenvalue weighted by Crippen LogP contribution is -2.33. The molecule has 0 aromatic carbocycles. The number of hydrogen-bond acceptors (Lipinski definition) is 3. The van der Waals surface area contributed by atoms with Crippen LogP contribution in [0.4, 0.5) is 0 Å². The number of rotatable bonds is 0. The third-order valence-electron chi connectivity index (χ3n) is 6.68. The van der Waals surface area contributed by atoms with Gasteiger partial charge in [-0.05, 0) is 83.1 Å². The molecule has 0 amide bonds. The second-order valence-electron chi connectivity index (χ2n) is 8.39. The maximum absolute atomic E-state index is 5.47. The van der Waals surface area contributed by atoms with Gasteiger partial charge in [-0.25, -0.2) is 0 Å². The van der Waals surface area contributed by atoms with Gasteiger partial charge in [-0.2, -0.15) is 0 Å². The van der Waals surface area contributed by atoms with E-state index >= 15 is 0 Å². The first-order valence-electron chi connectivity index (χ1n) is 10.00.